The van der Waals surface area contributed by atoms with Crippen LogP contribution in [0.4, 0.5) is 0 Å². The van der Waals surface area contributed by atoms with Gasteiger partial charge in [0.1, 0.15) is 0 Å². The molecule has 1 aliphatic carbocycles. The maximum absolute atomic E-state index is 12.3. The number of nitrogens with one attached hydrogen (secondary N) is 1. The standard InChI is InChI=1S/C12H23N3O/c1-3-14-6-8-15(9-7-14)11(16)12(4-5-12)10-13-2/h13H,3-10H2,1-2H3. The molecule has 92 valence electrons. The minimum absolute atomic E-state index is 0.0386. The predicted molar refractivity (Wildman–Crippen MR) is 64.3 cm³/mol. The molecule has 4 heteroatoms. The van der Waals surface area contributed by atoms with Gasteiger partial charge in [0.25, 0.3) is 0 Å². The predicted octanol–water partition coefficient (Wildman–Crippen LogP) is 0.150. The largest absolute Gasteiger partial charge is 0.340 e. The second-order valence-corrected chi connectivity index (χ2v) is 5.04. The molecule has 1 N–H and O–H groups in total. The highest BCUT2D eigenvalue weighted by Crippen LogP contribution is 2.46. The highest BCUT2D eigenvalue weighted by atomic mass is 16.2. The van der Waals surface area contributed by atoms with Gasteiger partial charge in [0.2, 0.25) is 5.91 Å². The van der Waals surface area contributed by atoms with Gasteiger partial charge in [-0.05, 0) is 26.4 Å². The Morgan fingerprint density at radius 3 is 2.31 bits per heavy atom. The minimum Gasteiger partial charge on any atom is -0.340 e. The molecule has 1 amide bonds. The highest BCUT2D eigenvalue weighted by Gasteiger charge is 2.51. The van der Waals surface area contributed by atoms with Crippen LogP contribution in [0.25, 0.3) is 0 Å². The molecule has 4 nitrogen and oxygen atoms in total. The zero-order valence-corrected chi connectivity index (χ0v) is 10.5. The molecule has 0 bridgehead atoms. The van der Waals surface area contributed by atoms with E-state index in [9.17, 15) is 4.79 Å². The number of carbonyl (C=O) groups excluding carboxylic acids is 1. The van der Waals surface area contributed by atoms with Crippen LogP contribution in [0.1, 0.15) is 19.8 Å². The Balaban J connectivity index is 1.87. The van der Waals surface area contributed by atoms with E-state index in [0.29, 0.717) is 5.91 Å². The summed E-state index contributed by atoms with van der Waals surface area (Å²) in [5, 5.41) is 3.15. The molecular weight excluding hydrogens is 202 g/mol. The van der Waals surface area contributed by atoms with Gasteiger partial charge in [-0.3, -0.25) is 4.79 Å². The third-order valence-electron chi connectivity index (χ3n) is 3.93. The lowest BCUT2D eigenvalue weighted by Gasteiger charge is -2.36. The van der Waals surface area contributed by atoms with Crippen molar-refractivity contribution in [2.75, 3.05) is 46.3 Å². The van der Waals surface area contributed by atoms with E-state index in [1.807, 2.05) is 7.05 Å². The Morgan fingerprint density at radius 1 is 1.25 bits per heavy atom. The van der Waals surface area contributed by atoms with Crippen LogP contribution in [-0.2, 0) is 4.79 Å². The molecular formula is C12H23N3O. The monoisotopic (exact) mass is 225 g/mol. The van der Waals surface area contributed by atoms with E-state index in [0.717, 1.165) is 52.1 Å². The Kier molecular flexibility index (Phi) is 3.50. The van der Waals surface area contributed by atoms with Crippen LogP contribution in [0.5, 0.6) is 0 Å². The maximum atomic E-state index is 12.3. The second kappa shape index (κ2) is 4.72. The average Bonchev–Trinajstić information content (AvgIpc) is 3.10. The van der Waals surface area contributed by atoms with E-state index in [1.54, 1.807) is 0 Å². The van der Waals surface area contributed by atoms with Crippen LogP contribution in [-0.4, -0.2) is 62.0 Å². The molecule has 1 saturated heterocycles. The smallest absolute Gasteiger partial charge is 0.230 e. The van der Waals surface area contributed by atoms with Gasteiger partial charge < -0.3 is 15.1 Å². The van der Waals surface area contributed by atoms with Gasteiger partial charge >= 0.3 is 0 Å². The van der Waals surface area contributed by atoms with Gasteiger partial charge in [0, 0.05) is 32.7 Å². The number of hydrogen-bond donors (Lipinski definition) is 1. The Morgan fingerprint density at radius 2 is 1.88 bits per heavy atom. The summed E-state index contributed by atoms with van der Waals surface area (Å²) < 4.78 is 0. The zero-order chi connectivity index (χ0) is 11.6. The molecule has 0 spiro atoms. The second-order valence-electron chi connectivity index (χ2n) is 5.04. The quantitative estimate of drug-likeness (QED) is 0.740. The minimum atomic E-state index is -0.0386. The molecule has 2 aliphatic rings. The van der Waals surface area contributed by atoms with Crippen molar-refractivity contribution in [2.24, 2.45) is 5.41 Å². The molecule has 0 atom stereocenters. The number of rotatable bonds is 4. The molecule has 2 rings (SSSR count). The Labute approximate surface area is 98.0 Å². The van der Waals surface area contributed by atoms with Gasteiger partial charge in [-0.15, -0.1) is 0 Å². The molecule has 1 aliphatic heterocycles. The topological polar surface area (TPSA) is 35.6 Å². The first kappa shape index (κ1) is 11.9. The summed E-state index contributed by atoms with van der Waals surface area (Å²) in [6.45, 7) is 8.04. The van der Waals surface area contributed by atoms with Gasteiger partial charge in [-0.25, -0.2) is 0 Å². The fourth-order valence-electron chi connectivity index (χ4n) is 2.56. The molecule has 0 aromatic rings. The Hall–Kier alpha value is -0.610. The molecule has 0 aromatic carbocycles. The number of amides is 1. The number of carbonyl (C=O) groups is 1. The zero-order valence-electron chi connectivity index (χ0n) is 10.5. The van der Waals surface area contributed by atoms with E-state index in [1.165, 1.54) is 0 Å². The van der Waals surface area contributed by atoms with Gasteiger partial charge in [-0.1, -0.05) is 6.92 Å². The van der Waals surface area contributed by atoms with E-state index in [4.69, 9.17) is 0 Å². The van der Waals surface area contributed by atoms with Crippen LogP contribution in [0.3, 0.4) is 0 Å². The first-order valence-corrected chi connectivity index (χ1v) is 6.38. The third-order valence-corrected chi connectivity index (χ3v) is 3.93. The number of piperazine rings is 1. The van der Waals surface area contributed by atoms with Crippen molar-refractivity contribution in [1.82, 2.24) is 15.1 Å². The molecule has 16 heavy (non-hydrogen) atoms. The first-order valence-electron chi connectivity index (χ1n) is 6.38. The summed E-state index contributed by atoms with van der Waals surface area (Å²) in [6.07, 6.45) is 2.14. The Bertz CT molecular complexity index is 255. The van der Waals surface area contributed by atoms with Crippen molar-refractivity contribution in [2.45, 2.75) is 19.8 Å². The van der Waals surface area contributed by atoms with Crippen molar-refractivity contribution in [3.05, 3.63) is 0 Å². The van der Waals surface area contributed by atoms with Gasteiger partial charge in [-0.2, -0.15) is 0 Å². The van der Waals surface area contributed by atoms with Crippen LogP contribution in [0.2, 0.25) is 0 Å². The normalized spacial score (nSPS) is 24.5. The lowest BCUT2D eigenvalue weighted by atomic mass is 10.0. The van der Waals surface area contributed by atoms with E-state index in [2.05, 4.69) is 22.0 Å². The van der Waals surface area contributed by atoms with Crippen molar-refractivity contribution >= 4 is 5.91 Å². The van der Waals surface area contributed by atoms with E-state index >= 15 is 0 Å². The maximum Gasteiger partial charge on any atom is 0.230 e. The molecule has 1 heterocycles. The first-order chi connectivity index (χ1) is 7.72. The van der Waals surface area contributed by atoms with Crippen LogP contribution in [0.15, 0.2) is 0 Å². The summed E-state index contributed by atoms with van der Waals surface area (Å²) in [5.74, 6) is 0.387. The van der Waals surface area contributed by atoms with Crippen LogP contribution < -0.4 is 5.32 Å². The molecule has 0 unspecified atom stereocenters. The summed E-state index contributed by atoms with van der Waals surface area (Å²) in [7, 11) is 1.93. The van der Waals surface area contributed by atoms with Crippen molar-refractivity contribution in [1.29, 1.82) is 0 Å². The fourth-order valence-corrected chi connectivity index (χ4v) is 2.56. The lowest BCUT2D eigenvalue weighted by molar-refractivity contribution is -0.138. The summed E-state index contributed by atoms with van der Waals surface area (Å²) in [6, 6.07) is 0. The van der Waals surface area contributed by atoms with Crippen molar-refractivity contribution in [3.8, 4) is 0 Å². The average molecular weight is 225 g/mol. The summed E-state index contributed by atoms with van der Waals surface area (Å²) in [5.41, 5.74) is -0.0386. The summed E-state index contributed by atoms with van der Waals surface area (Å²) in [4.78, 5) is 16.8. The number of likely N-dealkylation sites (N-methyl/N-ethyl adjacent to an activating group) is 1. The SMILES string of the molecule is CCN1CCN(C(=O)C2(CNC)CC2)CC1. The van der Waals surface area contributed by atoms with Crippen molar-refractivity contribution < 1.29 is 4.79 Å². The van der Waals surface area contributed by atoms with E-state index < -0.39 is 0 Å². The molecule has 0 aromatic heterocycles. The third kappa shape index (κ3) is 2.23. The van der Waals surface area contributed by atoms with Crippen molar-refractivity contribution in [3.63, 3.8) is 0 Å². The summed E-state index contributed by atoms with van der Waals surface area (Å²) >= 11 is 0. The van der Waals surface area contributed by atoms with E-state index in [-0.39, 0.29) is 5.41 Å². The molecule has 2 fully saturated rings. The molecule has 0 radical (unpaired) electrons. The molecule has 1 saturated carbocycles. The number of nitrogens with zero attached hydrogens (tertiary/aromatic N) is 2. The number of hydrogen-bond acceptors (Lipinski definition) is 3. The van der Waals surface area contributed by atoms with Gasteiger partial charge in [0.15, 0.2) is 0 Å². The van der Waals surface area contributed by atoms with Crippen LogP contribution in [0, 0.1) is 5.41 Å². The highest BCUT2D eigenvalue weighted by molar-refractivity contribution is 5.85. The van der Waals surface area contributed by atoms with Crippen LogP contribution >= 0.6 is 0 Å². The van der Waals surface area contributed by atoms with Gasteiger partial charge in [0.05, 0.1) is 5.41 Å². The fraction of sp³-hybridized carbons (Fsp3) is 0.917. The lowest BCUT2D eigenvalue weighted by Crippen LogP contribution is -2.51.